The van der Waals surface area contributed by atoms with Crippen molar-refractivity contribution in [2.24, 2.45) is 0 Å². The largest absolute Gasteiger partial charge is 0.386 e. The molecule has 0 aliphatic heterocycles. The Hall–Kier alpha value is -0.780. The molecule has 0 amide bonds. The number of rotatable bonds is 3. The average Bonchev–Trinajstić information content (AvgIpc) is 2.71. The Morgan fingerprint density at radius 1 is 1.40 bits per heavy atom. The predicted molar refractivity (Wildman–Crippen MR) is 62.7 cm³/mol. The Balaban J connectivity index is 2.08. The Morgan fingerprint density at radius 3 is 2.87 bits per heavy atom. The fourth-order valence-corrected chi connectivity index (χ4v) is 2.09. The van der Waals surface area contributed by atoms with Crippen molar-refractivity contribution >= 4 is 27.3 Å². The van der Waals surface area contributed by atoms with Crippen LogP contribution in [0, 0.1) is 0 Å². The molecule has 2 rings (SSSR count). The van der Waals surface area contributed by atoms with E-state index in [1.807, 2.05) is 12.1 Å². The van der Waals surface area contributed by atoms with Gasteiger partial charge in [0.1, 0.15) is 6.10 Å². The Morgan fingerprint density at radius 2 is 2.27 bits per heavy atom. The summed E-state index contributed by atoms with van der Waals surface area (Å²) in [5, 5.41) is 9.88. The molecule has 0 saturated heterocycles. The first-order chi connectivity index (χ1) is 7.25. The molecule has 0 aliphatic carbocycles. The molecule has 1 N–H and O–H groups in total. The SMILES string of the molecule is OC(Cc1cncs1)c1ccc(Br)cn1. The summed E-state index contributed by atoms with van der Waals surface area (Å²) in [6.45, 7) is 0. The van der Waals surface area contributed by atoms with E-state index in [1.165, 1.54) is 0 Å². The molecule has 1 unspecified atom stereocenters. The zero-order valence-corrected chi connectivity index (χ0v) is 10.2. The first kappa shape index (κ1) is 10.7. The van der Waals surface area contributed by atoms with Crippen LogP contribution >= 0.6 is 27.3 Å². The second-order valence-electron chi connectivity index (χ2n) is 3.09. The van der Waals surface area contributed by atoms with E-state index >= 15 is 0 Å². The van der Waals surface area contributed by atoms with E-state index < -0.39 is 6.10 Å². The topological polar surface area (TPSA) is 46.0 Å². The number of hydrogen-bond acceptors (Lipinski definition) is 4. The highest BCUT2D eigenvalue weighted by atomic mass is 79.9. The molecule has 0 aromatic carbocycles. The highest BCUT2D eigenvalue weighted by Gasteiger charge is 2.10. The lowest BCUT2D eigenvalue weighted by atomic mass is 10.1. The fourth-order valence-electron chi connectivity index (χ4n) is 1.22. The molecule has 78 valence electrons. The average molecular weight is 285 g/mol. The standard InChI is InChI=1S/C10H9BrN2OS/c11-7-1-2-9(13-4-7)10(14)3-8-5-12-6-15-8/h1-2,4-6,10,14H,3H2. The van der Waals surface area contributed by atoms with Crippen LogP contribution in [-0.2, 0) is 6.42 Å². The van der Waals surface area contributed by atoms with Gasteiger partial charge in [-0.25, -0.2) is 0 Å². The number of aliphatic hydroxyl groups excluding tert-OH is 1. The predicted octanol–water partition coefficient (Wildman–Crippen LogP) is 2.58. The Labute approximate surface area is 100.0 Å². The molecule has 0 aliphatic rings. The van der Waals surface area contributed by atoms with Crippen LogP contribution in [0.2, 0.25) is 0 Å². The molecule has 5 heteroatoms. The van der Waals surface area contributed by atoms with Gasteiger partial charge in [0.15, 0.2) is 0 Å². The second kappa shape index (κ2) is 4.83. The van der Waals surface area contributed by atoms with Gasteiger partial charge in [-0.15, -0.1) is 11.3 Å². The first-order valence-corrected chi connectivity index (χ1v) is 6.10. The third kappa shape index (κ3) is 2.84. The summed E-state index contributed by atoms with van der Waals surface area (Å²) >= 11 is 4.84. The molecule has 15 heavy (non-hydrogen) atoms. The van der Waals surface area contributed by atoms with Crippen LogP contribution in [0.1, 0.15) is 16.7 Å². The molecular weight excluding hydrogens is 276 g/mol. The highest BCUT2D eigenvalue weighted by molar-refractivity contribution is 9.10. The van der Waals surface area contributed by atoms with E-state index in [-0.39, 0.29) is 0 Å². The Bertz CT molecular complexity index is 415. The normalized spacial score (nSPS) is 12.7. The maximum absolute atomic E-state index is 9.88. The summed E-state index contributed by atoms with van der Waals surface area (Å²) in [6.07, 6.45) is 3.47. The van der Waals surface area contributed by atoms with E-state index in [4.69, 9.17) is 0 Å². The Kier molecular flexibility index (Phi) is 3.45. The maximum atomic E-state index is 9.88. The van der Waals surface area contributed by atoms with Crippen LogP contribution in [0.3, 0.4) is 0 Å². The van der Waals surface area contributed by atoms with Crippen molar-refractivity contribution in [3.63, 3.8) is 0 Å². The highest BCUT2D eigenvalue weighted by Crippen LogP contribution is 2.19. The van der Waals surface area contributed by atoms with Crippen molar-refractivity contribution in [3.8, 4) is 0 Å². The van der Waals surface area contributed by atoms with Gasteiger partial charge in [-0.1, -0.05) is 0 Å². The molecule has 0 saturated carbocycles. The van der Waals surface area contributed by atoms with Gasteiger partial charge in [0.2, 0.25) is 0 Å². The zero-order valence-electron chi connectivity index (χ0n) is 7.80. The van der Waals surface area contributed by atoms with Crippen molar-refractivity contribution in [1.29, 1.82) is 0 Å². The van der Waals surface area contributed by atoms with Crippen LogP contribution in [0.15, 0.2) is 34.5 Å². The first-order valence-electron chi connectivity index (χ1n) is 4.42. The van der Waals surface area contributed by atoms with Crippen LogP contribution in [-0.4, -0.2) is 15.1 Å². The number of aromatic nitrogens is 2. The molecule has 0 fully saturated rings. The summed E-state index contributed by atoms with van der Waals surface area (Å²) in [4.78, 5) is 9.17. The molecule has 0 radical (unpaired) electrons. The van der Waals surface area contributed by atoms with Gasteiger partial charge < -0.3 is 5.11 Å². The van der Waals surface area contributed by atoms with Gasteiger partial charge in [-0.05, 0) is 28.1 Å². The van der Waals surface area contributed by atoms with Crippen LogP contribution in [0.4, 0.5) is 0 Å². The van der Waals surface area contributed by atoms with Crippen molar-refractivity contribution < 1.29 is 5.11 Å². The fraction of sp³-hybridized carbons (Fsp3) is 0.200. The van der Waals surface area contributed by atoms with Gasteiger partial charge in [0, 0.05) is 28.2 Å². The van der Waals surface area contributed by atoms with Gasteiger partial charge >= 0.3 is 0 Å². The summed E-state index contributed by atoms with van der Waals surface area (Å²) in [5.74, 6) is 0. The lowest BCUT2D eigenvalue weighted by Crippen LogP contribution is -2.02. The van der Waals surface area contributed by atoms with Crippen molar-refractivity contribution in [2.45, 2.75) is 12.5 Å². The van der Waals surface area contributed by atoms with Crippen LogP contribution < -0.4 is 0 Å². The van der Waals surface area contributed by atoms with Gasteiger partial charge in [-0.3, -0.25) is 9.97 Å². The van der Waals surface area contributed by atoms with E-state index in [2.05, 4.69) is 25.9 Å². The monoisotopic (exact) mass is 284 g/mol. The number of pyridine rings is 1. The number of aliphatic hydroxyl groups is 1. The zero-order chi connectivity index (χ0) is 10.7. The molecule has 0 bridgehead atoms. The lowest BCUT2D eigenvalue weighted by molar-refractivity contribution is 0.174. The minimum atomic E-state index is -0.557. The minimum Gasteiger partial charge on any atom is -0.386 e. The maximum Gasteiger partial charge on any atom is 0.101 e. The third-order valence-electron chi connectivity index (χ3n) is 1.97. The van der Waals surface area contributed by atoms with E-state index in [9.17, 15) is 5.11 Å². The van der Waals surface area contributed by atoms with E-state index in [0.717, 1.165) is 9.35 Å². The lowest BCUT2D eigenvalue weighted by Gasteiger charge is -2.07. The van der Waals surface area contributed by atoms with Crippen molar-refractivity contribution in [1.82, 2.24) is 9.97 Å². The van der Waals surface area contributed by atoms with E-state index in [1.54, 1.807) is 29.2 Å². The molecule has 1 atom stereocenters. The van der Waals surface area contributed by atoms with Gasteiger partial charge in [0.25, 0.3) is 0 Å². The third-order valence-corrected chi connectivity index (χ3v) is 3.24. The minimum absolute atomic E-state index is 0.557. The molecule has 2 heterocycles. The smallest absolute Gasteiger partial charge is 0.101 e. The summed E-state index contributed by atoms with van der Waals surface area (Å²) in [7, 11) is 0. The van der Waals surface area contributed by atoms with Gasteiger partial charge in [0.05, 0.1) is 11.2 Å². The molecule has 2 aromatic heterocycles. The number of thiazole rings is 1. The molecular formula is C10H9BrN2OS. The molecule has 3 nitrogen and oxygen atoms in total. The summed E-state index contributed by atoms with van der Waals surface area (Å²) in [5.41, 5.74) is 2.45. The van der Waals surface area contributed by atoms with Gasteiger partial charge in [-0.2, -0.15) is 0 Å². The number of nitrogens with zero attached hydrogens (tertiary/aromatic N) is 2. The van der Waals surface area contributed by atoms with E-state index in [0.29, 0.717) is 12.1 Å². The molecule has 0 spiro atoms. The number of halogens is 1. The van der Waals surface area contributed by atoms with Crippen molar-refractivity contribution in [3.05, 3.63) is 45.1 Å². The number of hydrogen-bond donors (Lipinski definition) is 1. The quantitative estimate of drug-likeness (QED) is 0.942. The van der Waals surface area contributed by atoms with Crippen molar-refractivity contribution in [2.75, 3.05) is 0 Å². The van der Waals surface area contributed by atoms with Crippen LogP contribution in [0.25, 0.3) is 0 Å². The van der Waals surface area contributed by atoms with Crippen LogP contribution in [0.5, 0.6) is 0 Å². The molecule has 2 aromatic rings. The summed E-state index contributed by atoms with van der Waals surface area (Å²) < 4.78 is 0.913. The summed E-state index contributed by atoms with van der Waals surface area (Å²) in [6, 6.07) is 3.69. The second-order valence-corrected chi connectivity index (χ2v) is 4.98.